The van der Waals surface area contributed by atoms with Crippen LogP contribution in [0.4, 0.5) is 5.82 Å². The maximum absolute atomic E-state index is 11.9. The van der Waals surface area contributed by atoms with Crippen LogP contribution in [0.1, 0.15) is 4.88 Å². The summed E-state index contributed by atoms with van der Waals surface area (Å²) in [4.78, 5) is 17.7. The van der Waals surface area contributed by atoms with Crippen LogP contribution in [-0.2, 0) is 4.79 Å². The zero-order valence-electron chi connectivity index (χ0n) is 15.4. The van der Waals surface area contributed by atoms with Crippen LogP contribution in [-0.4, -0.2) is 33.6 Å². The van der Waals surface area contributed by atoms with Crippen molar-refractivity contribution < 1.29 is 4.79 Å². The lowest BCUT2D eigenvalue weighted by atomic mass is 10.1. The highest BCUT2D eigenvalue weighted by atomic mass is 79.9. The Labute approximate surface area is 180 Å². The molecular weight excluding hydrogens is 450 g/mol. The first kappa shape index (κ1) is 19.4. The molecule has 4 aromatic rings. The maximum atomic E-state index is 11.9. The summed E-state index contributed by atoms with van der Waals surface area (Å²) in [6.45, 7) is 1.05. The monoisotopic (exact) mass is 467 g/mol. The fourth-order valence-electron chi connectivity index (χ4n) is 2.80. The van der Waals surface area contributed by atoms with Crippen molar-refractivity contribution in [3.05, 3.63) is 75.5 Å². The Bertz CT molecular complexity index is 1140. The van der Waals surface area contributed by atoms with Crippen LogP contribution in [0.15, 0.2) is 70.7 Å². The normalized spacial score (nSPS) is 11.2. The smallest absolute Gasteiger partial charge is 0.244 e. The summed E-state index contributed by atoms with van der Waals surface area (Å²) in [6, 6.07) is 15.9. The molecule has 4 rings (SSSR count). The molecule has 8 heteroatoms. The molecule has 0 saturated carbocycles. The Kier molecular flexibility index (Phi) is 6.02. The maximum Gasteiger partial charge on any atom is 0.244 e. The molecule has 0 atom stereocenters. The highest BCUT2D eigenvalue weighted by Crippen LogP contribution is 2.25. The predicted octanol–water partition coefficient (Wildman–Crippen LogP) is 4.46. The molecule has 2 N–H and O–H groups in total. The van der Waals surface area contributed by atoms with Crippen molar-refractivity contribution in [1.82, 2.24) is 19.9 Å². The summed E-state index contributed by atoms with van der Waals surface area (Å²) in [6.07, 6.45) is 5.08. The largest absolute Gasteiger partial charge is 0.368 e. The van der Waals surface area contributed by atoms with Crippen molar-refractivity contribution in [1.29, 1.82) is 0 Å². The number of thiophene rings is 1. The van der Waals surface area contributed by atoms with Crippen molar-refractivity contribution in [3.8, 4) is 11.3 Å². The Morgan fingerprint density at radius 3 is 2.83 bits per heavy atom. The summed E-state index contributed by atoms with van der Waals surface area (Å²) in [5, 5.41) is 12.6. The number of anilines is 1. The van der Waals surface area contributed by atoms with Gasteiger partial charge in [0.25, 0.3) is 0 Å². The van der Waals surface area contributed by atoms with Crippen LogP contribution in [0.25, 0.3) is 23.0 Å². The second kappa shape index (κ2) is 9.02. The second-order valence-corrected chi connectivity index (χ2v) is 8.02. The van der Waals surface area contributed by atoms with Gasteiger partial charge < -0.3 is 10.6 Å². The first-order valence-corrected chi connectivity index (χ1v) is 10.7. The number of fused-ring (bicyclic) bond motifs is 1. The number of carbonyl (C=O) groups is 1. The molecule has 0 saturated heterocycles. The van der Waals surface area contributed by atoms with Gasteiger partial charge >= 0.3 is 0 Å². The minimum absolute atomic E-state index is 0.119. The van der Waals surface area contributed by atoms with Gasteiger partial charge in [0.15, 0.2) is 5.65 Å². The number of nitrogens with one attached hydrogen (secondary N) is 2. The molecule has 0 aliphatic carbocycles. The minimum atomic E-state index is -0.119. The van der Waals surface area contributed by atoms with Gasteiger partial charge in [-0.2, -0.15) is 9.61 Å². The van der Waals surface area contributed by atoms with Gasteiger partial charge in [0.1, 0.15) is 5.82 Å². The van der Waals surface area contributed by atoms with Gasteiger partial charge in [0, 0.05) is 35.7 Å². The molecule has 1 aromatic carbocycles. The zero-order chi connectivity index (χ0) is 20.1. The summed E-state index contributed by atoms with van der Waals surface area (Å²) >= 11 is 5.10. The molecule has 0 aliphatic rings. The van der Waals surface area contributed by atoms with Crippen LogP contribution in [0, 0.1) is 0 Å². The molecular formula is C21H18BrN5OS. The van der Waals surface area contributed by atoms with Gasteiger partial charge in [-0.1, -0.05) is 36.4 Å². The standard InChI is InChI=1S/C21H18BrN5OS/c22-17-14-25-27-19(13-18(26-21(17)27)15-5-2-1-3-6-15)23-10-11-24-20(28)9-8-16-7-4-12-29-16/h1-9,12-14,23H,10-11H2,(H,24,28)/b9-8+. The lowest BCUT2D eigenvalue weighted by Crippen LogP contribution is -2.27. The van der Waals surface area contributed by atoms with Crippen LogP contribution in [0.3, 0.4) is 0 Å². The van der Waals surface area contributed by atoms with Crippen molar-refractivity contribution in [2.45, 2.75) is 0 Å². The molecule has 0 fully saturated rings. The third-order valence-corrected chi connectivity index (χ3v) is 5.57. The number of aromatic nitrogens is 3. The molecule has 3 aromatic heterocycles. The van der Waals surface area contributed by atoms with Crippen LogP contribution in [0.5, 0.6) is 0 Å². The Morgan fingerprint density at radius 2 is 2.03 bits per heavy atom. The molecule has 0 spiro atoms. The number of hydrogen-bond acceptors (Lipinski definition) is 5. The topological polar surface area (TPSA) is 71.3 Å². The van der Waals surface area contributed by atoms with Gasteiger partial charge in [0.05, 0.1) is 16.4 Å². The molecule has 0 bridgehead atoms. The first-order valence-electron chi connectivity index (χ1n) is 9.04. The van der Waals surface area contributed by atoms with E-state index < -0.39 is 0 Å². The quantitative estimate of drug-likeness (QED) is 0.310. The van der Waals surface area contributed by atoms with E-state index in [-0.39, 0.29) is 5.91 Å². The van der Waals surface area contributed by atoms with Crippen LogP contribution < -0.4 is 10.6 Å². The number of amides is 1. The van der Waals surface area contributed by atoms with Gasteiger partial charge in [0.2, 0.25) is 5.91 Å². The predicted molar refractivity (Wildman–Crippen MR) is 121 cm³/mol. The second-order valence-electron chi connectivity index (χ2n) is 6.19. The van der Waals surface area contributed by atoms with Gasteiger partial charge in [-0.15, -0.1) is 11.3 Å². The van der Waals surface area contributed by atoms with Gasteiger partial charge in [-0.25, -0.2) is 4.98 Å². The number of carbonyl (C=O) groups excluding carboxylic acids is 1. The number of rotatable bonds is 7. The van der Waals surface area contributed by atoms with E-state index in [2.05, 4.69) is 31.7 Å². The summed E-state index contributed by atoms with van der Waals surface area (Å²) in [5.74, 6) is 0.690. The minimum Gasteiger partial charge on any atom is -0.368 e. The zero-order valence-corrected chi connectivity index (χ0v) is 17.8. The first-order chi connectivity index (χ1) is 14.2. The Balaban J connectivity index is 1.43. The van der Waals surface area contributed by atoms with Crippen LogP contribution in [0.2, 0.25) is 0 Å². The van der Waals surface area contributed by atoms with Crippen molar-refractivity contribution in [2.24, 2.45) is 0 Å². The number of nitrogens with zero attached hydrogens (tertiary/aromatic N) is 3. The van der Waals surface area contributed by atoms with Crippen LogP contribution >= 0.6 is 27.3 Å². The average molecular weight is 468 g/mol. The van der Waals surface area contributed by atoms with Crippen molar-refractivity contribution in [2.75, 3.05) is 18.4 Å². The number of benzene rings is 1. The highest BCUT2D eigenvalue weighted by molar-refractivity contribution is 9.10. The molecule has 29 heavy (non-hydrogen) atoms. The van der Waals surface area contributed by atoms with E-state index in [4.69, 9.17) is 4.98 Å². The van der Waals surface area contributed by atoms with Crippen molar-refractivity contribution in [3.63, 3.8) is 0 Å². The molecule has 3 heterocycles. The van der Waals surface area contributed by atoms with E-state index >= 15 is 0 Å². The lowest BCUT2D eigenvalue weighted by Gasteiger charge is -2.11. The fourth-order valence-corrected chi connectivity index (χ4v) is 3.76. The van der Waals surface area contributed by atoms with E-state index in [9.17, 15) is 4.79 Å². The Hall–Kier alpha value is -2.97. The van der Waals surface area contributed by atoms with E-state index in [1.54, 1.807) is 28.1 Å². The van der Waals surface area contributed by atoms with E-state index in [0.29, 0.717) is 13.1 Å². The summed E-state index contributed by atoms with van der Waals surface area (Å²) in [7, 11) is 0. The average Bonchev–Trinajstić information content (AvgIpc) is 3.40. The molecule has 0 radical (unpaired) electrons. The number of hydrogen-bond donors (Lipinski definition) is 2. The summed E-state index contributed by atoms with van der Waals surface area (Å²) < 4.78 is 2.57. The third-order valence-electron chi connectivity index (χ3n) is 4.17. The van der Waals surface area contributed by atoms with Crippen molar-refractivity contribution >= 4 is 50.7 Å². The van der Waals surface area contributed by atoms with E-state index in [1.165, 1.54) is 0 Å². The number of halogens is 1. The summed E-state index contributed by atoms with van der Waals surface area (Å²) in [5.41, 5.74) is 2.61. The van der Waals surface area contributed by atoms with Gasteiger partial charge in [-0.3, -0.25) is 4.79 Å². The molecule has 0 aliphatic heterocycles. The molecule has 146 valence electrons. The third kappa shape index (κ3) is 4.72. The fraction of sp³-hybridized carbons (Fsp3) is 0.0952. The van der Waals surface area contributed by atoms with E-state index in [0.717, 1.165) is 32.1 Å². The molecule has 1 amide bonds. The molecule has 6 nitrogen and oxygen atoms in total. The Morgan fingerprint density at radius 1 is 1.17 bits per heavy atom. The van der Waals surface area contributed by atoms with E-state index in [1.807, 2.05) is 60.0 Å². The highest BCUT2D eigenvalue weighted by Gasteiger charge is 2.11. The van der Waals surface area contributed by atoms with Gasteiger partial charge in [-0.05, 0) is 33.5 Å². The lowest BCUT2D eigenvalue weighted by molar-refractivity contribution is -0.116. The SMILES string of the molecule is O=C(/C=C/c1cccs1)NCCNc1cc(-c2ccccc2)nc2c(Br)cnn12. The molecule has 0 unspecified atom stereocenters.